The molecule has 1 aliphatic carbocycles. The molecule has 2 N–H and O–H groups in total. The zero-order valence-electron chi connectivity index (χ0n) is 15.8. The van der Waals surface area contributed by atoms with Crippen molar-refractivity contribution in [1.82, 2.24) is 4.72 Å². The van der Waals surface area contributed by atoms with Gasteiger partial charge < -0.3 is 9.84 Å². The highest BCUT2D eigenvalue weighted by Crippen LogP contribution is 2.40. The van der Waals surface area contributed by atoms with Crippen molar-refractivity contribution in [2.24, 2.45) is 0 Å². The van der Waals surface area contributed by atoms with Gasteiger partial charge in [0.2, 0.25) is 10.0 Å². The van der Waals surface area contributed by atoms with E-state index in [4.69, 9.17) is 4.74 Å². The van der Waals surface area contributed by atoms with Gasteiger partial charge in [0.25, 0.3) is 0 Å². The summed E-state index contributed by atoms with van der Waals surface area (Å²) < 4.78 is 33.0. The Bertz CT molecular complexity index is 850. The van der Waals surface area contributed by atoms with E-state index in [9.17, 15) is 13.5 Å². The van der Waals surface area contributed by atoms with Crippen molar-refractivity contribution in [3.8, 4) is 5.75 Å². The third-order valence-corrected chi connectivity index (χ3v) is 7.01. The summed E-state index contributed by atoms with van der Waals surface area (Å²) >= 11 is 0. The summed E-state index contributed by atoms with van der Waals surface area (Å²) in [7, 11) is -3.44. The van der Waals surface area contributed by atoms with Crippen molar-refractivity contribution in [2.45, 2.75) is 56.6 Å². The number of ether oxygens (including phenoxy) is 1. The first kappa shape index (κ1) is 19.9. The maximum atomic E-state index is 12.2. The van der Waals surface area contributed by atoms with Crippen LogP contribution in [0.1, 0.15) is 44.2 Å². The summed E-state index contributed by atoms with van der Waals surface area (Å²) in [5.74, 6) is 0.712. The zero-order valence-corrected chi connectivity index (χ0v) is 16.6. The van der Waals surface area contributed by atoms with Crippen LogP contribution in [0.4, 0.5) is 0 Å². The van der Waals surface area contributed by atoms with Gasteiger partial charge in [-0.1, -0.05) is 42.5 Å². The van der Waals surface area contributed by atoms with Crippen LogP contribution >= 0.6 is 0 Å². The SMILES string of the molecule is CC(C)S(=O)(=O)N[C@H]1CCCC1(O)c1ccc(OCc2ccccc2)cc1. The topological polar surface area (TPSA) is 75.6 Å². The van der Waals surface area contributed by atoms with Crippen LogP contribution in [0.5, 0.6) is 5.75 Å². The number of aliphatic hydroxyl groups is 1. The van der Waals surface area contributed by atoms with Crippen LogP contribution in [0.2, 0.25) is 0 Å². The molecule has 0 aliphatic heterocycles. The summed E-state index contributed by atoms with van der Waals surface area (Å²) in [6, 6.07) is 16.7. The zero-order chi connectivity index (χ0) is 19.5. The van der Waals surface area contributed by atoms with Gasteiger partial charge in [0, 0.05) is 0 Å². The second-order valence-electron chi connectivity index (χ2n) is 7.38. The fourth-order valence-electron chi connectivity index (χ4n) is 3.41. The molecular weight excluding hydrogens is 362 g/mol. The van der Waals surface area contributed by atoms with Crippen molar-refractivity contribution in [2.75, 3.05) is 0 Å². The van der Waals surface area contributed by atoms with E-state index in [0.29, 0.717) is 30.8 Å². The molecule has 5 nitrogen and oxygen atoms in total. The lowest BCUT2D eigenvalue weighted by molar-refractivity contribution is 0.0230. The summed E-state index contributed by atoms with van der Waals surface area (Å²) in [5, 5.41) is 10.7. The molecule has 0 bridgehead atoms. The monoisotopic (exact) mass is 389 g/mol. The fourth-order valence-corrected chi connectivity index (χ4v) is 4.39. The number of benzene rings is 2. The highest BCUT2D eigenvalue weighted by Gasteiger charge is 2.44. The lowest BCUT2D eigenvalue weighted by Crippen LogP contribution is -2.48. The lowest BCUT2D eigenvalue weighted by Gasteiger charge is -2.31. The third-order valence-electron chi connectivity index (χ3n) is 5.16. The molecular formula is C21H27NO4S. The normalized spacial score (nSPS) is 22.9. The van der Waals surface area contributed by atoms with E-state index in [1.807, 2.05) is 54.6 Å². The van der Waals surface area contributed by atoms with Crippen LogP contribution in [-0.2, 0) is 22.2 Å². The van der Waals surface area contributed by atoms with E-state index in [0.717, 1.165) is 12.0 Å². The molecule has 1 aliphatic rings. The maximum absolute atomic E-state index is 12.2. The molecule has 0 aromatic heterocycles. The Morgan fingerprint density at radius 1 is 1.15 bits per heavy atom. The number of sulfonamides is 1. The second kappa shape index (κ2) is 8.00. The first-order chi connectivity index (χ1) is 12.8. The molecule has 0 spiro atoms. The van der Waals surface area contributed by atoms with E-state index in [1.165, 1.54) is 0 Å². The van der Waals surface area contributed by atoms with Crippen LogP contribution in [0.3, 0.4) is 0 Å². The summed E-state index contributed by atoms with van der Waals surface area (Å²) in [5.41, 5.74) is 0.600. The van der Waals surface area contributed by atoms with E-state index in [1.54, 1.807) is 13.8 Å². The van der Waals surface area contributed by atoms with Gasteiger partial charge in [-0.05, 0) is 56.4 Å². The minimum Gasteiger partial charge on any atom is -0.489 e. The molecule has 0 amide bonds. The minimum absolute atomic E-state index is 0.473. The Labute approximate surface area is 161 Å². The van der Waals surface area contributed by atoms with E-state index in [-0.39, 0.29) is 0 Å². The molecule has 2 aromatic rings. The number of rotatable bonds is 7. The summed E-state index contributed by atoms with van der Waals surface area (Å²) in [4.78, 5) is 0. The van der Waals surface area contributed by atoms with Crippen molar-refractivity contribution in [3.05, 3.63) is 65.7 Å². The van der Waals surface area contributed by atoms with Gasteiger partial charge in [-0.25, -0.2) is 13.1 Å². The smallest absolute Gasteiger partial charge is 0.214 e. The number of hydrogen-bond acceptors (Lipinski definition) is 4. The van der Waals surface area contributed by atoms with Gasteiger partial charge in [-0.3, -0.25) is 0 Å². The van der Waals surface area contributed by atoms with E-state index in [2.05, 4.69) is 4.72 Å². The van der Waals surface area contributed by atoms with Crippen molar-refractivity contribution >= 4 is 10.0 Å². The summed E-state index contributed by atoms with van der Waals surface area (Å²) in [6.07, 6.45) is 1.92. The van der Waals surface area contributed by atoms with Gasteiger partial charge in [0.05, 0.1) is 11.3 Å². The first-order valence-electron chi connectivity index (χ1n) is 9.32. The first-order valence-corrected chi connectivity index (χ1v) is 10.9. The molecule has 1 saturated carbocycles. The standard InChI is InChI=1S/C21H27NO4S/c1-16(2)27(24,25)22-20-9-6-14-21(20,23)18-10-12-19(13-11-18)26-15-17-7-4-3-5-8-17/h3-5,7-8,10-13,16,20,22-23H,6,9,14-15H2,1-2H3/t20-,21?/m0/s1. The highest BCUT2D eigenvalue weighted by molar-refractivity contribution is 7.90. The van der Waals surface area contributed by atoms with Crippen LogP contribution in [0.15, 0.2) is 54.6 Å². The van der Waals surface area contributed by atoms with Crippen molar-refractivity contribution < 1.29 is 18.3 Å². The molecule has 0 saturated heterocycles. The number of hydrogen-bond donors (Lipinski definition) is 2. The Kier molecular flexibility index (Phi) is 5.89. The number of nitrogens with one attached hydrogen (secondary N) is 1. The van der Waals surface area contributed by atoms with Crippen molar-refractivity contribution in [3.63, 3.8) is 0 Å². The fraction of sp³-hybridized carbons (Fsp3) is 0.429. The van der Waals surface area contributed by atoms with Gasteiger partial charge in [0.1, 0.15) is 18.0 Å². The Morgan fingerprint density at radius 2 is 1.81 bits per heavy atom. The molecule has 6 heteroatoms. The average molecular weight is 390 g/mol. The predicted octanol–water partition coefficient (Wildman–Crippen LogP) is 3.33. The quantitative estimate of drug-likeness (QED) is 0.762. The molecule has 3 rings (SSSR count). The largest absolute Gasteiger partial charge is 0.489 e. The second-order valence-corrected chi connectivity index (χ2v) is 9.65. The van der Waals surface area contributed by atoms with E-state index >= 15 is 0 Å². The molecule has 2 atom stereocenters. The summed E-state index contributed by atoms with van der Waals surface area (Å²) in [6.45, 7) is 3.74. The third kappa shape index (κ3) is 4.51. The maximum Gasteiger partial charge on any atom is 0.214 e. The van der Waals surface area contributed by atoms with Crippen molar-refractivity contribution in [1.29, 1.82) is 0 Å². The van der Waals surface area contributed by atoms with Crippen LogP contribution in [0.25, 0.3) is 0 Å². The lowest BCUT2D eigenvalue weighted by atomic mass is 9.89. The molecule has 1 fully saturated rings. The molecule has 0 heterocycles. The molecule has 0 radical (unpaired) electrons. The van der Waals surface area contributed by atoms with Crippen LogP contribution in [0, 0.1) is 0 Å². The Morgan fingerprint density at radius 3 is 2.44 bits per heavy atom. The molecule has 27 heavy (non-hydrogen) atoms. The van der Waals surface area contributed by atoms with Gasteiger partial charge >= 0.3 is 0 Å². The van der Waals surface area contributed by atoms with Crippen LogP contribution in [-0.4, -0.2) is 24.8 Å². The predicted molar refractivity (Wildman–Crippen MR) is 106 cm³/mol. The Balaban J connectivity index is 1.71. The molecule has 146 valence electrons. The average Bonchev–Trinajstić information content (AvgIpc) is 3.02. The van der Waals surface area contributed by atoms with Gasteiger partial charge in [-0.15, -0.1) is 0 Å². The highest BCUT2D eigenvalue weighted by atomic mass is 32.2. The molecule has 1 unspecified atom stereocenters. The van der Waals surface area contributed by atoms with Gasteiger partial charge in [0.15, 0.2) is 0 Å². The minimum atomic E-state index is -3.44. The van der Waals surface area contributed by atoms with E-state index < -0.39 is 26.9 Å². The van der Waals surface area contributed by atoms with Gasteiger partial charge in [-0.2, -0.15) is 0 Å². The molecule has 2 aromatic carbocycles. The van der Waals surface area contributed by atoms with Crippen LogP contribution < -0.4 is 9.46 Å². The Hall–Kier alpha value is -1.89.